The molecule has 0 bridgehead atoms. The summed E-state index contributed by atoms with van der Waals surface area (Å²) >= 11 is 0. The third-order valence-electron chi connectivity index (χ3n) is 3.52. The Morgan fingerprint density at radius 1 is 1.00 bits per heavy atom. The van der Waals surface area contributed by atoms with Crippen molar-refractivity contribution in [3.8, 4) is 11.5 Å². The molecule has 0 saturated carbocycles. The molecule has 0 aliphatic carbocycles. The Balaban J connectivity index is 2.35. The van der Waals surface area contributed by atoms with Crippen molar-refractivity contribution in [2.75, 3.05) is 21.3 Å². The van der Waals surface area contributed by atoms with Gasteiger partial charge in [0.05, 0.1) is 37.9 Å². The van der Waals surface area contributed by atoms with Crippen LogP contribution >= 0.6 is 0 Å². The number of carbonyl (C=O) groups excluding carboxylic acids is 1. The molecular formula is C16H15NO4. The van der Waals surface area contributed by atoms with E-state index in [0.717, 1.165) is 27.6 Å². The van der Waals surface area contributed by atoms with Crippen LogP contribution in [0.3, 0.4) is 0 Å². The number of esters is 1. The molecule has 108 valence electrons. The maximum Gasteiger partial charge on any atom is 0.338 e. The maximum atomic E-state index is 11.8. The van der Waals surface area contributed by atoms with Crippen LogP contribution in [0.2, 0.25) is 0 Å². The predicted molar refractivity (Wildman–Crippen MR) is 80.2 cm³/mol. The average Bonchev–Trinajstić information content (AvgIpc) is 2.90. The van der Waals surface area contributed by atoms with Gasteiger partial charge in [0.15, 0.2) is 0 Å². The number of fused-ring (bicyclic) bond motifs is 3. The molecule has 0 unspecified atom stereocenters. The van der Waals surface area contributed by atoms with Crippen LogP contribution in [0.1, 0.15) is 10.4 Å². The van der Waals surface area contributed by atoms with Crippen molar-refractivity contribution >= 4 is 27.8 Å². The van der Waals surface area contributed by atoms with Crippen LogP contribution in [0, 0.1) is 0 Å². The van der Waals surface area contributed by atoms with Gasteiger partial charge < -0.3 is 19.2 Å². The summed E-state index contributed by atoms with van der Waals surface area (Å²) in [5.74, 6) is 0.974. The second-order valence-electron chi connectivity index (χ2n) is 4.63. The largest absolute Gasteiger partial charge is 0.497 e. The first kappa shape index (κ1) is 13.3. The van der Waals surface area contributed by atoms with Crippen molar-refractivity contribution in [2.24, 2.45) is 0 Å². The van der Waals surface area contributed by atoms with Gasteiger partial charge in [-0.05, 0) is 24.3 Å². The monoisotopic (exact) mass is 285 g/mol. The van der Waals surface area contributed by atoms with E-state index in [4.69, 9.17) is 14.2 Å². The minimum Gasteiger partial charge on any atom is -0.497 e. The lowest BCUT2D eigenvalue weighted by Gasteiger charge is -2.05. The van der Waals surface area contributed by atoms with Gasteiger partial charge in [-0.2, -0.15) is 0 Å². The molecule has 1 N–H and O–H groups in total. The van der Waals surface area contributed by atoms with Gasteiger partial charge in [-0.3, -0.25) is 0 Å². The molecule has 1 aromatic heterocycles. The number of carbonyl (C=O) groups is 1. The molecule has 0 fully saturated rings. The van der Waals surface area contributed by atoms with Gasteiger partial charge in [0.25, 0.3) is 0 Å². The van der Waals surface area contributed by atoms with Crippen LogP contribution < -0.4 is 9.47 Å². The number of nitrogens with one attached hydrogen (secondary N) is 1. The minimum absolute atomic E-state index is 0.391. The van der Waals surface area contributed by atoms with Crippen LogP contribution in [0.5, 0.6) is 11.5 Å². The first-order valence-corrected chi connectivity index (χ1v) is 6.43. The summed E-state index contributed by atoms with van der Waals surface area (Å²) in [6, 6.07) is 9.21. The Morgan fingerprint density at radius 3 is 2.48 bits per heavy atom. The van der Waals surface area contributed by atoms with Crippen molar-refractivity contribution in [2.45, 2.75) is 0 Å². The summed E-state index contributed by atoms with van der Waals surface area (Å²) in [6.07, 6.45) is 0. The second kappa shape index (κ2) is 5.01. The molecule has 0 radical (unpaired) electrons. The lowest BCUT2D eigenvalue weighted by Crippen LogP contribution is -2.01. The van der Waals surface area contributed by atoms with Crippen molar-refractivity contribution in [3.63, 3.8) is 0 Å². The molecule has 2 aromatic carbocycles. The average molecular weight is 285 g/mol. The summed E-state index contributed by atoms with van der Waals surface area (Å²) in [4.78, 5) is 15.1. The van der Waals surface area contributed by atoms with Gasteiger partial charge in [0, 0.05) is 16.8 Å². The van der Waals surface area contributed by atoms with Gasteiger partial charge in [-0.25, -0.2) is 4.79 Å². The summed E-state index contributed by atoms with van der Waals surface area (Å²) in [5.41, 5.74) is 2.22. The Labute approximate surface area is 121 Å². The van der Waals surface area contributed by atoms with E-state index in [2.05, 4.69) is 4.98 Å². The molecule has 5 nitrogen and oxygen atoms in total. The number of benzene rings is 2. The van der Waals surface area contributed by atoms with Crippen LogP contribution in [-0.4, -0.2) is 32.3 Å². The number of H-pyrrole nitrogens is 1. The molecule has 3 aromatic rings. The Bertz CT molecular complexity index is 835. The first-order chi connectivity index (χ1) is 10.2. The zero-order valence-electron chi connectivity index (χ0n) is 12.0. The van der Waals surface area contributed by atoms with Crippen molar-refractivity contribution in [3.05, 3.63) is 35.9 Å². The van der Waals surface area contributed by atoms with E-state index in [1.165, 1.54) is 7.11 Å². The van der Waals surface area contributed by atoms with E-state index in [-0.39, 0.29) is 0 Å². The van der Waals surface area contributed by atoms with E-state index >= 15 is 0 Å². The number of rotatable bonds is 3. The van der Waals surface area contributed by atoms with Gasteiger partial charge >= 0.3 is 5.97 Å². The predicted octanol–water partition coefficient (Wildman–Crippen LogP) is 3.12. The van der Waals surface area contributed by atoms with Gasteiger partial charge in [0.2, 0.25) is 0 Å². The number of hydrogen-bond acceptors (Lipinski definition) is 4. The molecule has 5 heteroatoms. The smallest absolute Gasteiger partial charge is 0.338 e. The van der Waals surface area contributed by atoms with Crippen molar-refractivity contribution in [1.29, 1.82) is 0 Å². The molecule has 0 aliphatic heterocycles. The van der Waals surface area contributed by atoms with Crippen LogP contribution in [0.15, 0.2) is 30.3 Å². The fraction of sp³-hybridized carbons (Fsp3) is 0.188. The number of hydrogen-bond donors (Lipinski definition) is 1. The van der Waals surface area contributed by atoms with Crippen molar-refractivity contribution in [1.82, 2.24) is 4.98 Å². The molecule has 0 atom stereocenters. The van der Waals surface area contributed by atoms with E-state index in [1.807, 2.05) is 18.2 Å². The topological polar surface area (TPSA) is 60.5 Å². The van der Waals surface area contributed by atoms with E-state index in [1.54, 1.807) is 26.4 Å². The summed E-state index contributed by atoms with van der Waals surface area (Å²) in [5, 5.41) is 1.90. The molecule has 3 rings (SSSR count). The highest BCUT2D eigenvalue weighted by atomic mass is 16.5. The normalized spacial score (nSPS) is 10.8. The third kappa shape index (κ3) is 2.07. The molecule has 1 heterocycles. The summed E-state index contributed by atoms with van der Waals surface area (Å²) < 4.78 is 15.4. The standard InChI is InChI=1S/C16H15NO4/c1-19-10-4-5-11-12-6-9(16(18)21-3)7-14(20-2)15(12)17-13(11)8-10/h4-8,17H,1-3H3. The van der Waals surface area contributed by atoms with Crippen molar-refractivity contribution < 1.29 is 19.0 Å². The number of methoxy groups -OCH3 is 3. The van der Waals surface area contributed by atoms with E-state index in [9.17, 15) is 4.79 Å². The quantitative estimate of drug-likeness (QED) is 0.751. The highest BCUT2D eigenvalue weighted by Crippen LogP contribution is 2.34. The SMILES string of the molecule is COC(=O)c1cc(OC)c2[nH]c3cc(OC)ccc3c2c1. The summed E-state index contributed by atoms with van der Waals surface area (Å²) in [6.45, 7) is 0. The molecule has 0 saturated heterocycles. The zero-order valence-corrected chi connectivity index (χ0v) is 12.0. The highest BCUT2D eigenvalue weighted by Gasteiger charge is 2.15. The fourth-order valence-electron chi connectivity index (χ4n) is 2.48. The number of aromatic amines is 1. The molecular weight excluding hydrogens is 270 g/mol. The lowest BCUT2D eigenvalue weighted by molar-refractivity contribution is 0.0600. The number of ether oxygens (including phenoxy) is 3. The zero-order chi connectivity index (χ0) is 15.0. The van der Waals surface area contributed by atoms with Crippen LogP contribution in [0.4, 0.5) is 0 Å². The highest BCUT2D eigenvalue weighted by molar-refractivity contribution is 6.11. The minimum atomic E-state index is -0.391. The molecule has 0 aliphatic rings. The Hall–Kier alpha value is -2.69. The van der Waals surface area contributed by atoms with Gasteiger partial charge in [0.1, 0.15) is 11.5 Å². The molecule has 0 spiro atoms. The second-order valence-corrected chi connectivity index (χ2v) is 4.63. The van der Waals surface area contributed by atoms with E-state index < -0.39 is 5.97 Å². The molecule has 0 amide bonds. The third-order valence-corrected chi connectivity index (χ3v) is 3.52. The van der Waals surface area contributed by atoms with E-state index in [0.29, 0.717) is 11.3 Å². The number of aromatic nitrogens is 1. The van der Waals surface area contributed by atoms with Gasteiger partial charge in [-0.15, -0.1) is 0 Å². The Morgan fingerprint density at radius 2 is 1.81 bits per heavy atom. The molecule has 21 heavy (non-hydrogen) atoms. The van der Waals surface area contributed by atoms with Crippen LogP contribution in [0.25, 0.3) is 21.8 Å². The summed E-state index contributed by atoms with van der Waals surface area (Å²) in [7, 11) is 4.56. The fourth-order valence-corrected chi connectivity index (χ4v) is 2.48. The van der Waals surface area contributed by atoms with Crippen LogP contribution in [-0.2, 0) is 4.74 Å². The first-order valence-electron chi connectivity index (χ1n) is 6.43. The lowest BCUT2D eigenvalue weighted by atomic mass is 10.1. The Kier molecular flexibility index (Phi) is 3.17. The maximum absolute atomic E-state index is 11.8. The van der Waals surface area contributed by atoms with Gasteiger partial charge in [-0.1, -0.05) is 0 Å².